The van der Waals surface area contributed by atoms with Crippen molar-refractivity contribution < 1.29 is 14.3 Å². The molecule has 6 nitrogen and oxygen atoms in total. The largest absolute Gasteiger partial charge is 0.497 e. The van der Waals surface area contributed by atoms with Crippen LogP contribution in [0.25, 0.3) is 10.6 Å². The SMILES string of the molecule is COc1ccc(OC)c(NC(=O)Cc2csc(-c3cccnc3)n2)c1. The molecule has 0 saturated carbocycles. The summed E-state index contributed by atoms with van der Waals surface area (Å²) >= 11 is 1.49. The monoisotopic (exact) mass is 355 g/mol. The van der Waals surface area contributed by atoms with E-state index in [-0.39, 0.29) is 12.3 Å². The molecule has 0 aliphatic rings. The van der Waals surface area contributed by atoms with Crippen LogP contribution < -0.4 is 14.8 Å². The number of pyridine rings is 1. The number of ether oxygens (including phenoxy) is 2. The molecule has 1 aromatic carbocycles. The summed E-state index contributed by atoms with van der Waals surface area (Å²) in [5.41, 5.74) is 2.21. The van der Waals surface area contributed by atoms with Gasteiger partial charge in [0.15, 0.2) is 0 Å². The molecule has 0 fully saturated rings. The molecule has 0 aliphatic carbocycles. The van der Waals surface area contributed by atoms with Gasteiger partial charge >= 0.3 is 0 Å². The van der Waals surface area contributed by atoms with E-state index in [1.54, 1.807) is 44.8 Å². The van der Waals surface area contributed by atoms with E-state index in [4.69, 9.17) is 9.47 Å². The molecule has 7 heteroatoms. The summed E-state index contributed by atoms with van der Waals surface area (Å²) in [5.74, 6) is 1.04. The van der Waals surface area contributed by atoms with Crippen molar-refractivity contribution in [3.05, 3.63) is 53.8 Å². The maximum absolute atomic E-state index is 12.3. The first-order valence-corrected chi connectivity index (χ1v) is 8.44. The van der Waals surface area contributed by atoms with Gasteiger partial charge in [-0.1, -0.05) is 0 Å². The number of anilines is 1. The first-order chi connectivity index (χ1) is 12.2. The van der Waals surface area contributed by atoms with Crippen molar-refractivity contribution in [3.63, 3.8) is 0 Å². The lowest BCUT2D eigenvalue weighted by atomic mass is 10.2. The minimum absolute atomic E-state index is 0.172. The maximum Gasteiger partial charge on any atom is 0.230 e. The van der Waals surface area contributed by atoms with Gasteiger partial charge in [0.25, 0.3) is 0 Å². The van der Waals surface area contributed by atoms with Crippen LogP contribution >= 0.6 is 11.3 Å². The quantitative estimate of drug-likeness (QED) is 0.733. The molecule has 2 aromatic heterocycles. The van der Waals surface area contributed by atoms with Gasteiger partial charge in [-0.15, -0.1) is 11.3 Å². The van der Waals surface area contributed by atoms with Gasteiger partial charge in [0, 0.05) is 29.4 Å². The fourth-order valence-corrected chi connectivity index (χ4v) is 3.09. The van der Waals surface area contributed by atoms with Crippen LogP contribution in [0.3, 0.4) is 0 Å². The molecule has 3 rings (SSSR count). The summed E-state index contributed by atoms with van der Waals surface area (Å²) in [6, 6.07) is 9.04. The summed E-state index contributed by atoms with van der Waals surface area (Å²) in [4.78, 5) is 20.9. The van der Waals surface area contributed by atoms with Crippen molar-refractivity contribution in [3.8, 4) is 22.1 Å². The number of hydrogen-bond donors (Lipinski definition) is 1. The second kappa shape index (κ2) is 7.76. The van der Waals surface area contributed by atoms with E-state index in [1.807, 2.05) is 17.5 Å². The molecule has 25 heavy (non-hydrogen) atoms. The Kier molecular flexibility index (Phi) is 5.25. The highest BCUT2D eigenvalue weighted by molar-refractivity contribution is 7.13. The topological polar surface area (TPSA) is 73.3 Å². The molecule has 0 radical (unpaired) electrons. The second-order valence-corrected chi connectivity index (χ2v) is 6.03. The van der Waals surface area contributed by atoms with Gasteiger partial charge in [0.2, 0.25) is 5.91 Å². The van der Waals surface area contributed by atoms with Crippen LogP contribution in [0.4, 0.5) is 5.69 Å². The molecular formula is C18H17N3O3S. The van der Waals surface area contributed by atoms with E-state index in [9.17, 15) is 4.79 Å². The Morgan fingerprint density at radius 3 is 2.84 bits per heavy atom. The van der Waals surface area contributed by atoms with Gasteiger partial charge in [-0.2, -0.15) is 0 Å². The van der Waals surface area contributed by atoms with Crippen LogP contribution in [0, 0.1) is 0 Å². The van der Waals surface area contributed by atoms with Gasteiger partial charge in [0.05, 0.1) is 32.0 Å². The van der Waals surface area contributed by atoms with Gasteiger partial charge < -0.3 is 14.8 Å². The Labute approximate surface area is 149 Å². The number of rotatable bonds is 6. The number of benzene rings is 1. The molecule has 128 valence electrons. The third kappa shape index (κ3) is 4.13. The number of nitrogens with zero attached hydrogens (tertiary/aromatic N) is 2. The van der Waals surface area contributed by atoms with E-state index in [1.165, 1.54) is 11.3 Å². The Hall–Kier alpha value is -2.93. The van der Waals surface area contributed by atoms with Crippen molar-refractivity contribution in [2.45, 2.75) is 6.42 Å². The fourth-order valence-electron chi connectivity index (χ4n) is 2.28. The second-order valence-electron chi connectivity index (χ2n) is 5.18. The third-order valence-corrected chi connectivity index (χ3v) is 4.42. The minimum Gasteiger partial charge on any atom is -0.497 e. The zero-order chi connectivity index (χ0) is 17.6. The molecule has 0 atom stereocenters. The molecule has 0 aliphatic heterocycles. The summed E-state index contributed by atoms with van der Waals surface area (Å²) in [6.45, 7) is 0. The summed E-state index contributed by atoms with van der Waals surface area (Å²) < 4.78 is 10.5. The summed E-state index contributed by atoms with van der Waals surface area (Å²) in [7, 11) is 3.13. The Balaban J connectivity index is 1.70. The van der Waals surface area contributed by atoms with Crippen LogP contribution in [0.15, 0.2) is 48.1 Å². The Morgan fingerprint density at radius 2 is 2.12 bits per heavy atom. The lowest BCUT2D eigenvalue weighted by Gasteiger charge is -2.11. The summed E-state index contributed by atoms with van der Waals surface area (Å²) in [5, 5.41) is 5.56. The van der Waals surface area contributed by atoms with Crippen LogP contribution in [0.2, 0.25) is 0 Å². The zero-order valence-corrected chi connectivity index (χ0v) is 14.7. The molecule has 3 aromatic rings. The van der Waals surface area contributed by atoms with Crippen molar-refractivity contribution in [1.82, 2.24) is 9.97 Å². The average Bonchev–Trinajstić information content (AvgIpc) is 3.10. The van der Waals surface area contributed by atoms with E-state index >= 15 is 0 Å². The maximum atomic E-state index is 12.3. The molecule has 0 spiro atoms. The van der Waals surface area contributed by atoms with E-state index in [0.717, 1.165) is 10.6 Å². The molecule has 2 heterocycles. The van der Waals surface area contributed by atoms with Crippen molar-refractivity contribution in [1.29, 1.82) is 0 Å². The fraction of sp³-hybridized carbons (Fsp3) is 0.167. The Bertz CT molecular complexity index is 865. The normalized spacial score (nSPS) is 10.3. The molecule has 1 N–H and O–H groups in total. The standard InChI is InChI=1S/C18H17N3O3S/c1-23-14-5-6-16(24-2)15(9-14)21-17(22)8-13-11-25-18(20-13)12-4-3-7-19-10-12/h3-7,9-11H,8H2,1-2H3,(H,21,22). The van der Waals surface area contributed by atoms with E-state index in [2.05, 4.69) is 15.3 Å². The van der Waals surface area contributed by atoms with Crippen LogP contribution in [-0.4, -0.2) is 30.1 Å². The predicted octanol–water partition coefficient (Wildman–Crippen LogP) is 3.40. The van der Waals surface area contributed by atoms with E-state index in [0.29, 0.717) is 22.9 Å². The van der Waals surface area contributed by atoms with Crippen molar-refractivity contribution >= 4 is 22.9 Å². The number of methoxy groups -OCH3 is 2. The summed E-state index contributed by atoms with van der Waals surface area (Å²) in [6.07, 6.45) is 3.65. The number of nitrogens with one attached hydrogen (secondary N) is 1. The van der Waals surface area contributed by atoms with Crippen LogP contribution in [0.5, 0.6) is 11.5 Å². The number of carbonyl (C=O) groups is 1. The molecule has 0 saturated heterocycles. The van der Waals surface area contributed by atoms with Gasteiger partial charge in [-0.05, 0) is 24.3 Å². The smallest absolute Gasteiger partial charge is 0.230 e. The highest BCUT2D eigenvalue weighted by atomic mass is 32.1. The van der Waals surface area contributed by atoms with Crippen molar-refractivity contribution in [2.24, 2.45) is 0 Å². The lowest BCUT2D eigenvalue weighted by Crippen LogP contribution is -2.15. The highest BCUT2D eigenvalue weighted by Gasteiger charge is 2.12. The number of hydrogen-bond acceptors (Lipinski definition) is 6. The van der Waals surface area contributed by atoms with Gasteiger partial charge in [-0.25, -0.2) is 4.98 Å². The zero-order valence-electron chi connectivity index (χ0n) is 13.9. The average molecular weight is 355 g/mol. The van der Waals surface area contributed by atoms with Gasteiger partial charge in [-0.3, -0.25) is 9.78 Å². The molecule has 1 amide bonds. The van der Waals surface area contributed by atoms with Crippen molar-refractivity contribution in [2.75, 3.05) is 19.5 Å². The predicted molar refractivity (Wildman–Crippen MR) is 97.2 cm³/mol. The molecule has 0 bridgehead atoms. The van der Waals surface area contributed by atoms with Gasteiger partial charge in [0.1, 0.15) is 16.5 Å². The molecule has 0 unspecified atom stereocenters. The number of aromatic nitrogens is 2. The minimum atomic E-state index is -0.172. The Morgan fingerprint density at radius 1 is 1.24 bits per heavy atom. The lowest BCUT2D eigenvalue weighted by molar-refractivity contribution is -0.115. The first-order valence-electron chi connectivity index (χ1n) is 7.56. The third-order valence-electron chi connectivity index (χ3n) is 3.48. The van der Waals surface area contributed by atoms with Crippen LogP contribution in [0.1, 0.15) is 5.69 Å². The first kappa shape index (κ1) is 16.9. The number of amides is 1. The van der Waals surface area contributed by atoms with Crippen LogP contribution in [-0.2, 0) is 11.2 Å². The highest BCUT2D eigenvalue weighted by Crippen LogP contribution is 2.29. The number of thiazole rings is 1. The number of carbonyl (C=O) groups excluding carboxylic acids is 1. The van der Waals surface area contributed by atoms with E-state index < -0.39 is 0 Å². The molecular weight excluding hydrogens is 338 g/mol.